The summed E-state index contributed by atoms with van der Waals surface area (Å²) < 4.78 is 5.80. The Morgan fingerprint density at radius 3 is 2.45 bits per heavy atom. The third-order valence-corrected chi connectivity index (χ3v) is 12.4. The van der Waals surface area contributed by atoms with E-state index in [9.17, 15) is 14.4 Å². The van der Waals surface area contributed by atoms with E-state index < -0.39 is 12.1 Å². The molecule has 1 aromatic rings. The molecule has 0 aromatic heterocycles. The molecule has 5 fully saturated rings. The molecule has 1 spiro atoms. The molecule has 1 aliphatic heterocycles. The number of rotatable bonds is 12. The van der Waals surface area contributed by atoms with Crippen LogP contribution in [0.15, 0.2) is 36.6 Å². The molecule has 1 heterocycles. The van der Waals surface area contributed by atoms with Crippen LogP contribution in [0.25, 0.3) is 5.57 Å². The van der Waals surface area contributed by atoms with Crippen LogP contribution < -0.4 is 26.4 Å². The van der Waals surface area contributed by atoms with Gasteiger partial charge in [0.1, 0.15) is 23.6 Å². The standard InChI is InChI=1S/C36H48N4O4.H2/c1-21-14-22(2)44-31-18-27(11-12-28(21)31)38-32(41)29(10-6-7-13-37)39-33(42)30(15-23-8-4-3-5-9-23)40-34(43)35-19-25-16-24-17-26(20-35)36(24,25)35;/h11-12,14,18,23-26,29-30H,2-10,13,15-17,19-20,37H2,1H3,(H,38,41)(H,39,42)(H,40,43);1H. The number of hydrogen-bond acceptors (Lipinski definition) is 5. The van der Waals surface area contributed by atoms with Gasteiger partial charge in [0.25, 0.3) is 0 Å². The number of carbonyl (C=O) groups excluding carboxylic acids is 3. The van der Waals surface area contributed by atoms with Crippen molar-refractivity contribution in [2.45, 2.75) is 102 Å². The average molecular weight is 603 g/mol. The van der Waals surface area contributed by atoms with Crippen LogP contribution >= 0.6 is 0 Å². The molecule has 238 valence electrons. The van der Waals surface area contributed by atoms with Crippen LogP contribution in [0.2, 0.25) is 0 Å². The second kappa shape index (κ2) is 11.3. The molecule has 5 N–H and O–H groups in total. The van der Waals surface area contributed by atoms with Gasteiger partial charge >= 0.3 is 0 Å². The van der Waals surface area contributed by atoms with E-state index in [2.05, 4.69) is 22.5 Å². The van der Waals surface area contributed by atoms with Crippen LogP contribution in [0.5, 0.6) is 5.75 Å². The summed E-state index contributed by atoms with van der Waals surface area (Å²) in [6, 6.07) is 4.19. The minimum absolute atomic E-state index is 0. The third-order valence-electron chi connectivity index (χ3n) is 12.4. The molecule has 3 amide bonds. The van der Waals surface area contributed by atoms with Gasteiger partial charge in [0.2, 0.25) is 17.7 Å². The number of allylic oxidation sites excluding steroid dienone is 2. The van der Waals surface area contributed by atoms with Gasteiger partial charge in [-0.2, -0.15) is 0 Å². The topological polar surface area (TPSA) is 123 Å². The normalized spacial score (nSPS) is 32.3. The molecular formula is C36H50N4O4. The number of amides is 3. The number of fused-ring (bicyclic) bond motifs is 1. The van der Waals surface area contributed by atoms with E-state index in [1.165, 1.54) is 32.1 Å². The number of ether oxygens (including phenoxy) is 1. The molecule has 0 saturated heterocycles. The SMILES string of the molecule is C=C1C=C(C)c2ccc(NC(=O)C(CCCCN)NC(=O)C(CC3CCCCC3)NC(=O)C34CC5CC6CC(C3)C654)cc2O1.[HH]. The Labute approximate surface area is 262 Å². The van der Waals surface area contributed by atoms with Crippen molar-refractivity contribution < 1.29 is 20.5 Å². The number of nitrogens with two attached hydrogens (primary N) is 1. The molecular weight excluding hydrogens is 552 g/mol. The van der Waals surface area contributed by atoms with E-state index >= 15 is 0 Å². The van der Waals surface area contributed by atoms with Crippen LogP contribution in [0.1, 0.15) is 97.4 Å². The highest BCUT2D eigenvalue weighted by atomic mass is 16.5. The molecule has 0 bridgehead atoms. The largest absolute Gasteiger partial charge is 0.457 e. The van der Waals surface area contributed by atoms with Gasteiger partial charge in [0, 0.05) is 18.7 Å². The summed E-state index contributed by atoms with van der Waals surface area (Å²) in [6.07, 6.45) is 14.8. The van der Waals surface area contributed by atoms with Crippen molar-refractivity contribution in [3.8, 4) is 5.75 Å². The van der Waals surface area contributed by atoms with Gasteiger partial charge in [-0.05, 0) is 118 Å². The first kappa shape index (κ1) is 29.6. The number of benzene rings is 1. The first-order valence-electron chi connectivity index (χ1n) is 17.1. The van der Waals surface area contributed by atoms with Gasteiger partial charge in [-0.3, -0.25) is 14.4 Å². The van der Waals surface area contributed by atoms with Gasteiger partial charge in [-0.1, -0.05) is 38.7 Å². The molecule has 6 aliphatic rings. The molecule has 7 rings (SSSR count). The summed E-state index contributed by atoms with van der Waals surface area (Å²) in [5.41, 5.74) is 8.36. The Hall–Kier alpha value is -3.13. The van der Waals surface area contributed by atoms with E-state index in [1.54, 1.807) is 6.07 Å². The molecule has 8 nitrogen and oxygen atoms in total. The number of nitrogens with one attached hydrogen (secondary N) is 3. The lowest BCUT2D eigenvalue weighted by Gasteiger charge is -2.90. The highest BCUT2D eigenvalue weighted by Crippen LogP contribution is 2.92. The van der Waals surface area contributed by atoms with Crippen LogP contribution in [0.3, 0.4) is 0 Å². The zero-order valence-corrected chi connectivity index (χ0v) is 26.1. The molecule has 8 heteroatoms. The van der Waals surface area contributed by atoms with Crippen molar-refractivity contribution in [1.29, 1.82) is 0 Å². The monoisotopic (exact) mass is 602 g/mol. The van der Waals surface area contributed by atoms with Crippen molar-refractivity contribution in [2.24, 2.45) is 40.2 Å². The smallest absolute Gasteiger partial charge is 0.246 e. The first-order chi connectivity index (χ1) is 21.2. The summed E-state index contributed by atoms with van der Waals surface area (Å²) in [6.45, 7) is 6.43. The fourth-order valence-corrected chi connectivity index (χ4v) is 10.4. The molecule has 0 radical (unpaired) electrons. The average Bonchev–Trinajstić information content (AvgIpc) is 2.95. The first-order valence-corrected chi connectivity index (χ1v) is 17.1. The van der Waals surface area contributed by atoms with Crippen LogP contribution in [0.4, 0.5) is 5.69 Å². The van der Waals surface area contributed by atoms with Gasteiger partial charge in [0.05, 0.1) is 5.41 Å². The van der Waals surface area contributed by atoms with Crippen LogP contribution in [-0.2, 0) is 14.4 Å². The van der Waals surface area contributed by atoms with Crippen molar-refractivity contribution in [1.82, 2.24) is 10.6 Å². The maximum atomic E-state index is 14.0. The Kier molecular flexibility index (Phi) is 7.62. The van der Waals surface area contributed by atoms with Crippen LogP contribution in [0, 0.1) is 34.5 Å². The van der Waals surface area contributed by atoms with Gasteiger partial charge < -0.3 is 26.4 Å². The Balaban J connectivity index is 0.00000357. The minimum atomic E-state index is -0.742. The highest BCUT2D eigenvalue weighted by Gasteiger charge is 2.89. The fourth-order valence-electron chi connectivity index (χ4n) is 10.4. The maximum absolute atomic E-state index is 14.0. The molecule has 1 aromatic carbocycles. The highest BCUT2D eigenvalue weighted by molar-refractivity contribution is 5.99. The van der Waals surface area contributed by atoms with Gasteiger partial charge in [-0.15, -0.1) is 0 Å². The summed E-state index contributed by atoms with van der Waals surface area (Å²) in [4.78, 5) is 41.6. The summed E-state index contributed by atoms with van der Waals surface area (Å²) >= 11 is 0. The Morgan fingerprint density at radius 1 is 1.02 bits per heavy atom. The van der Waals surface area contributed by atoms with E-state index in [0.29, 0.717) is 48.9 Å². The lowest BCUT2D eigenvalue weighted by molar-refractivity contribution is -0.413. The molecule has 44 heavy (non-hydrogen) atoms. The second-order valence-corrected chi connectivity index (χ2v) is 14.7. The van der Waals surface area contributed by atoms with Gasteiger partial charge in [0.15, 0.2) is 0 Å². The van der Waals surface area contributed by atoms with Crippen molar-refractivity contribution in [3.05, 3.63) is 42.2 Å². The van der Waals surface area contributed by atoms with E-state index in [-0.39, 0.29) is 30.0 Å². The van der Waals surface area contributed by atoms with Gasteiger partial charge in [-0.25, -0.2) is 0 Å². The van der Waals surface area contributed by atoms with Crippen molar-refractivity contribution in [3.63, 3.8) is 0 Å². The second-order valence-electron chi connectivity index (χ2n) is 14.7. The molecule has 5 aliphatic carbocycles. The number of hydrogen-bond donors (Lipinski definition) is 4. The zero-order valence-electron chi connectivity index (χ0n) is 26.1. The Bertz CT molecular complexity index is 1380. The molecule has 4 atom stereocenters. The predicted octanol–water partition coefficient (Wildman–Crippen LogP) is 5.69. The number of anilines is 1. The quantitative estimate of drug-likeness (QED) is 0.229. The number of unbranched alkanes of at least 4 members (excludes halogenated alkanes) is 1. The predicted molar refractivity (Wildman–Crippen MR) is 172 cm³/mol. The molecule has 5 saturated carbocycles. The van der Waals surface area contributed by atoms with Crippen molar-refractivity contribution in [2.75, 3.05) is 11.9 Å². The van der Waals surface area contributed by atoms with Crippen LogP contribution in [-0.4, -0.2) is 36.3 Å². The summed E-state index contributed by atoms with van der Waals surface area (Å²) in [5.74, 6) is 3.32. The lowest BCUT2D eigenvalue weighted by Crippen LogP contribution is -2.88. The number of carbonyl (C=O) groups is 3. The Morgan fingerprint density at radius 2 is 1.77 bits per heavy atom. The summed E-state index contributed by atoms with van der Waals surface area (Å²) in [7, 11) is 0. The third kappa shape index (κ3) is 4.62. The molecule has 4 unspecified atom stereocenters. The fraction of sp³-hybridized carbons (Fsp3) is 0.639. The zero-order chi connectivity index (χ0) is 30.6. The van der Waals surface area contributed by atoms with E-state index in [1.807, 2.05) is 25.1 Å². The van der Waals surface area contributed by atoms with Crippen molar-refractivity contribution >= 4 is 29.0 Å². The minimum Gasteiger partial charge on any atom is -0.457 e. The van der Waals surface area contributed by atoms with E-state index in [0.717, 1.165) is 61.0 Å². The summed E-state index contributed by atoms with van der Waals surface area (Å²) in [5, 5.41) is 9.35. The van der Waals surface area contributed by atoms with E-state index in [4.69, 9.17) is 10.5 Å². The maximum Gasteiger partial charge on any atom is 0.246 e. The lowest BCUT2D eigenvalue weighted by atomic mass is 9.13.